The molecular weight excluding hydrogens is 178 g/mol. The second-order valence-corrected chi connectivity index (χ2v) is 4.59. The van der Waals surface area contributed by atoms with Gasteiger partial charge in [0.05, 0.1) is 12.1 Å². The van der Waals surface area contributed by atoms with Crippen molar-refractivity contribution in [3.05, 3.63) is 0 Å². The lowest BCUT2D eigenvalue weighted by Gasteiger charge is -2.32. The van der Waals surface area contributed by atoms with Gasteiger partial charge in [0.25, 0.3) is 0 Å². The summed E-state index contributed by atoms with van der Waals surface area (Å²) in [6.07, 6.45) is 2.62. The van der Waals surface area contributed by atoms with Gasteiger partial charge in [-0.15, -0.1) is 0 Å². The van der Waals surface area contributed by atoms with Crippen LogP contribution in [0.25, 0.3) is 0 Å². The molecule has 3 heteroatoms. The molecule has 0 spiro atoms. The van der Waals surface area contributed by atoms with E-state index in [0.717, 1.165) is 12.8 Å². The minimum atomic E-state index is -0.135. The van der Waals surface area contributed by atoms with Crippen LogP contribution in [-0.2, 0) is 9.53 Å². The summed E-state index contributed by atoms with van der Waals surface area (Å²) in [6, 6.07) is 0. The number of carbonyl (C=O) groups excluding carboxylic acids is 1. The second kappa shape index (κ2) is 4.30. The van der Waals surface area contributed by atoms with Crippen molar-refractivity contribution in [2.24, 2.45) is 0 Å². The lowest BCUT2D eigenvalue weighted by atomic mass is 10.0. The van der Waals surface area contributed by atoms with Crippen molar-refractivity contribution in [3.63, 3.8) is 0 Å². The summed E-state index contributed by atoms with van der Waals surface area (Å²) >= 11 is 0. The molecule has 0 saturated carbocycles. The number of rotatable bonds is 3. The minimum absolute atomic E-state index is 0.0608. The van der Waals surface area contributed by atoms with Crippen LogP contribution in [0.5, 0.6) is 0 Å². The summed E-state index contributed by atoms with van der Waals surface area (Å²) in [5.74, 6) is 0.224. The quantitative estimate of drug-likeness (QED) is 0.697. The molecule has 1 aliphatic heterocycles. The molecule has 0 N–H and O–H groups in total. The van der Waals surface area contributed by atoms with Gasteiger partial charge in [-0.25, -0.2) is 0 Å². The van der Waals surface area contributed by atoms with Crippen LogP contribution in [0.15, 0.2) is 0 Å². The highest BCUT2D eigenvalue weighted by Crippen LogP contribution is 2.27. The smallest absolute Gasteiger partial charge is 0.225 e. The van der Waals surface area contributed by atoms with Gasteiger partial charge < -0.3 is 9.64 Å². The molecule has 1 rings (SSSR count). The summed E-state index contributed by atoms with van der Waals surface area (Å²) < 4.78 is 5.49. The third kappa shape index (κ3) is 2.27. The number of carbonyl (C=O) groups is 1. The van der Waals surface area contributed by atoms with Gasteiger partial charge in [0.2, 0.25) is 5.91 Å². The van der Waals surface area contributed by atoms with Gasteiger partial charge in [-0.2, -0.15) is 0 Å². The van der Waals surface area contributed by atoms with Gasteiger partial charge in [0.1, 0.15) is 6.23 Å². The van der Waals surface area contributed by atoms with Crippen LogP contribution in [0.1, 0.15) is 47.0 Å². The van der Waals surface area contributed by atoms with Crippen molar-refractivity contribution >= 4 is 5.91 Å². The van der Waals surface area contributed by atoms with Crippen LogP contribution in [0.4, 0.5) is 0 Å². The Morgan fingerprint density at radius 3 is 2.64 bits per heavy atom. The zero-order valence-electron chi connectivity index (χ0n) is 9.67. The minimum Gasteiger partial charge on any atom is -0.356 e. The Hall–Kier alpha value is -0.570. The summed E-state index contributed by atoms with van der Waals surface area (Å²) in [5.41, 5.74) is -0.135. The van der Waals surface area contributed by atoms with Crippen molar-refractivity contribution < 1.29 is 9.53 Å². The fourth-order valence-corrected chi connectivity index (χ4v) is 1.95. The molecule has 1 fully saturated rings. The number of nitrogens with zero attached hydrogens (tertiary/aromatic N) is 1. The molecule has 1 amide bonds. The zero-order chi connectivity index (χ0) is 10.8. The molecule has 0 aromatic carbocycles. The number of amides is 1. The lowest BCUT2D eigenvalue weighted by Crippen LogP contribution is -2.47. The highest BCUT2D eigenvalue weighted by atomic mass is 16.5. The maximum Gasteiger partial charge on any atom is 0.225 e. The molecule has 3 nitrogen and oxygen atoms in total. The molecule has 1 unspecified atom stereocenters. The van der Waals surface area contributed by atoms with Gasteiger partial charge in [0, 0.05) is 6.42 Å². The van der Waals surface area contributed by atoms with E-state index in [-0.39, 0.29) is 17.7 Å². The molecule has 1 saturated heterocycles. The SMILES string of the molecule is CCCCC(=O)N1C(C)OCC1(C)C. The van der Waals surface area contributed by atoms with Crippen molar-refractivity contribution in [3.8, 4) is 0 Å². The number of hydrogen-bond donors (Lipinski definition) is 0. The van der Waals surface area contributed by atoms with Gasteiger partial charge >= 0.3 is 0 Å². The molecule has 0 aliphatic carbocycles. The van der Waals surface area contributed by atoms with Gasteiger partial charge in [-0.1, -0.05) is 13.3 Å². The highest BCUT2D eigenvalue weighted by molar-refractivity contribution is 5.77. The molecule has 1 atom stereocenters. The summed E-state index contributed by atoms with van der Waals surface area (Å²) in [7, 11) is 0. The van der Waals surface area contributed by atoms with E-state index in [1.807, 2.05) is 11.8 Å². The molecule has 1 heterocycles. The molecule has 82 valence electrons. The number of ether oxygens (including phenoxy) is 1. The molecule has 14 heavy (non-hydrogen) atoms. The van der Waals surface area contributed by atoms with Crippen LogP contribution >= 0.6 is 0 Å². The van der Waals surface area contributed by atoms with E-state index in [9.17, 15) is 4.79 Å². The molecule has 0 bridgehead atoms. The van der Waals surface area contributed by atoms with Gasteiger partial charge in [-0.05, 0) is 27.2 Å². The summed E-state index contributed by atoms with van der Waals surface area (Å²) in [5, 5.41) is 0. The largest absolute Gasteiger partial charge is 0.356 e. The van der Waals surface area contributed by atoms with E-state index in [1.54, 1.807) is 0 Å². The van der Waals surface area contributed by atoms with Crippen molar-refractivity contribution in [2.45, 2.75) is 58.7 Å². The average Bonchev–Trinajstić information content (AvgIpc) is 2.37. The van der Waals surface area contributed by atoms with Crippen LogP contribution in [0.3, 0.4) is 0 Å². The third-order valence-electron chi connectivity index (χ3n) is 2.71. The number of hydrogen-bond acceptors (Lipinski definition) is 2. The molecule has 0 aromatic heterocycles. The highest BCUT2D eigenvalue weighted by Gasteiger charge is 2.40. The molecule has 0 aromatic rings. The predicted molar refractivity (Wildman–Crippen MR) is 55.9 cm³/mol. The first-order chi connectivity index (χ1) is 6.49. The molecular formula is C11H21NO2. The van der Waals surface area contributed by atoms with E-state index >= 15 is 0 Å². The Bertz CT molecular complexity index is 213. The first-order valence-electron chi connectivity index (χ1n) is 5.43. The van der Waals surface area contributed by atoms with Gasteiger partial charge in [0.15, 0.2) is 0 Å². The second-order valence-electron chi connectivity index (χ2n) is 4.59. The van der Waals surface area contributed by atoms with Crippen molar-refractivity contribution in [2.75, 3.05) is 6.61 Å². The maximum absolute atomic E-state index is 11.9. The van der Waals surface area contributed by atoms with Crippen LogP contribution < -0.4 is 0 Å². The Balaban J connectivity index is 2.60. The lowest BCUT2D eigenvalue weighted by molar-refractivity contribution is -0.139. The predicted octanol–water partition coefficient (Wildman–Crippen LogP) is 2.16. The van der Waals surface area contributed by atoms with Crippen molar-refractivity contribution in [1.29, 1.82) is 0 Å². The number of unbranched alkanes of at least 4 members (excludes halogenated alkanes) is 1. The van der Waals surface area contributed by atoms with Crippen LogP contribution in [0.2, 0.25) is 0 Å². The topological polar surface area (TPSA) is 29.5 Å². The third-order valence-corrected chi connectivity index (χ3v) is 2.71. The van der Waals surface area contributed by atoms with E-state index in [4.69, 9.17) is 4.74 Å². The van der Waals surface area contributed by atoms with E-state index in [1.165, 1.54) is 0 Å². The van der Waals surface area contributed by atoms with Crippen LogP contribution in [-0.4, -0.2) is 29.2 Å². The van der Waals surface area contributed by atoms with Crippen molar-refractivity contribution in [1.82, 2.24) is 4.90 Å². The van der Waals surface area contributed by atoms with Crippen LogP contribution in [0, 0.1) is 0 Å². The first-order valence-corrected chi connectivity index (χ1v) is 5.43. The van der Waals surface area contributed by atoms with Gasteiger partial charge in [-0.3, -0.25) is 4.79 Å². The Morgan fingerprint density at radius 1 is 1.57 bits per heavy atom. The Kier molecular flexibility index (Phi) is 3.53. The van der Waals surface area contributed by atoms with E-state index < -0.39 is 0 Å². The Labute approximate surface area is 86.4 Å². The molecule has 0 radical (unpaired) electrons. The van der Waals surface area contributed by atoms with E-state index in [2.05, 4.69) is 20.8 Å². The summed E-state index contributed by atoms with van der Waals surface area (Å²) in [6.45, 7) is 8.80. The standard InChI is InChI=1S/C11H21NO2/c1-5-6-7-10(13)12-9(2)14-8-11(12,3)4/h9H,5-8H2,1-4H3. The molecule has 1 aliphatic rings. The summed E-state index contributed by atoms with van der Waals surface area (Å²) in [4.78, 5) is 13.8. The average molecular weight is 199 g/mol. The normalized spacial score (nSPS) is 25.4. The van der Waals surface area contributed by atoms with E-state index in [0.29, 0.717) is 13.0 Å². The zero-order valence-corrected chi connectivity index (χ0v) is 9.67. The fourth-order valence-electron chi connectivity index (χ4n) is 1.95. The fraction of sp³-hybridized carbons (Fsp3) is 0.909. The maximum atomic E-state index is 11.9. The monoisotopic (exact) mass is 199 g/mol. The first kappa shape index (κ1) is 11.5. The Morgan fingerprint density at radius 2 is 2.21 bits per heavy atom.